The second-order valence-corrected chi connectivity index (χ2v) is 6.04. The first kappa shape index (κ1) is 8.05. The number of fused-ring (bicyclic) bond motifs is 1. The Morgan fingerprint density at radius 1 is 0.917 bits per heavy atom. The van der Waals surface area contributed by atoms with Crippen LogP contribution in [-0.4, -0.2) is 5.11 Å². The summed E-state index contributed by atoms with van der Waals surface area (Å²) in [5.41, 5.74) is 0. The molecule has 0 aliphatic carbocycles. The Labute approximate surface area is 87.0 Å². The number of phenolic OH excluding ortho intramolecular Hbond substituents is 1. The van der Waals surface area contributed by atoms with Crippen molar-refractivity contribution in [2.45, 2.75) is 0 Å². The molecular formula is C10H7HgO. The third-order valence-corrected chi connectivity index (χ3v) is 3.60. The maximum atomic E-state index is 9.21. The van der Waals surface area contributed by atoms with Crippen LogP contribution in [0.25, 0.3) is 10.8 Å². The summed E-state index contributed by atoms with van der Waals surface area (Å²) in [5, 5.41) is 11.5. The molecule has 0 aliphatic rings. The monoisotopic (exact) mass is 345 g/mol. The summed E-state index contributed by atoms with van der Waals surface area (Å²) in [6, 6.07) is 11.9. The standard InChI is InChI=1S/C10H7O.Hg/c11-10-6-5-8-3-1-2-4-9(8)7-10;/h2-7,11H;. The zero-order valence-electron chi connectivity index (χ0n) is 6.62. The fraction of sp³-hybridized carbons (Fsp3) is 0. The van der Waals surface area contributed by atoms with Crippen LogP contribution in [0.5, 0.6) is 5.75 Å². The molecule has 2 heteroatoms. The average molecular weight is 344 g/mol. The Balaban J connectivity index is 2.79. The van der Waals surface area contributed by atoms with Crippen molar-refractivity contribution in [1.82, 2.24) is 0 Å². The van der Waals surface area contributed by atoms with Gasteiger partial charge >= 0.3 is 87.2 Å². The minimum atomic E-state index is 0.341. The van der Waals surface area contributed by atoms with Crippen LogP contribution in [0.1, 0.15) is 0 Å². The van der Waals surface area contributed by atoms with Gasteiger partial charge in [0.1, 0.15) is 0 Å². The third kappa shape index (κ3) is 1.46. The summed E-state index contributed by atoms with van der Waals surface area (Å²) in [4.78, 5) is 0. The van der Waals surface area contributed by atoms with E-state index in [1.165, 1.54) is 8.46 Å². The molecule has 2 aromatic carbocycles. The average Bonchev–Trinajstić information content (AvgIpc) is 2.05. The second-order valence-electron chi connectivity index (χ2n) is 2.87. The number of rotatable bonds is 0. The zero-order chi connectivity index (χ0) is 8.55. The van der Waals surface area contributed by atoms with E-state index >= 15 is 0 Å². The van der Waals surface area contributed by atoms with E-state index in [0.717, 1.165) is 5.39 Å². The third-order valence-electron chi connectivity index (χ3n) is 1.89. The first-order chi connectivity index (χ1) is 5.75. The van der Waals surface area contributed by atoms with Gasteiger partial charge in [0, 0.05) is 0 Å². The van der Waals surface area contributed by atoms with Crippen molar-refractivity contribution in [3.05, 3.63) is 36.4 Å². The molecule has 2 rings (SSSR count). The van der Waals surface area contributed by atoms with E-state index in [-0.39, 0.29) is 0 Å². The summed E-state index contributed by atoms with van der Waals surface area (Å²) >= 11 is 0.686. The first-order valence-electron chi connectivity index (χ1n) is 3.80. The molecule has 0 radical (unpaired) electrons. The molecule has 0 amide bonds. The molecule has 0 bridgehead atoms. The molecule has 55 valence electrons. The van der Waals surface area contributed by atoms with Crippen LogP contribution in [0.4, 0.5) is 0 Å². The van der Waals surface area contributed by atoms with E-state index in [1.807, 2.05) is 6.07 Å². The fourth-order valence-corrected chi connectivity index (χ4v) is 2.60. The quantitative estimate of drug-likeness (QED) is 0.722. The normalized spacial score (nSPS) is 10.5. The molecule has 12 heavy (non-hydrogen) atoms. The van der Waals surface area contributed by atoms with E-state index in [4.69, 9.17) is 0 Å². The summed E-state index contributed by atoms with van der Waals surface area (Å²) in [7, 11) is 0. The van der Waals surface area contributed by atoms with Crippen LogP contribution in [0.2, 0.25) is 0 Å². The number of benzene rings is 2. The van der Waals surface area contributed by atoms with Gasteiger partial charge in [-0.25, -0.2) is 0 Å². The molecule has 0 aromatic heterocycles. The van der Waals surface area contributed by atoms with Crippen molar-refractivity contribution < 1.29 is 31.2 Å². The van der Waals surface area contributed by atoms with Crippen LogP contribution in [0.15, 0.2) is 36.4 Å². The predicted molar refractivity (Wildman–Crippen MR) is 45.2 cm³/mol. The molecule has 0 spiro atoms. The van der Waals surface area contributed by atoms with Gasteiger partial charge in [0.2, 0.25) is 0 Å². The van der Waals surface area contributed by atoms with Gasteiger partial charge in [-0.15, -0.1) is 0 Å². The van der Waals surface area contributed by atoms with Gasteiger partial charge in [0.05, 0.1) is 0 Å². The van der Waals surface area contributed by atoms with Crippen molar-refractivity contribution in [1.29, 1.82) is 0 Å². The number of phenols is 1. The van der Waals surface area contributed by atoms with E-state index in [1.54, 1.807) is 12.1 Å². The summed E-state index contributed by atoms with van der Waals surface area (Å²) in [5.74, 6) is 0.341. The topological polar surface area (TPSA) is 20.2 Å². The van der Waals surface area contributed by atoms with Crippen molar-refractivity contribution in [2.75, 3.05) is 0 Å². The summed E-state index contributed by atoms with van der Waals surface area (Å²) < 4.78 is 1.44. The van der Waals surface area contributed by atoms with Gasteiger partial charge in [-0.2, -0.15) is 0 Å². The summed E-state index contributed by atoms with van der Waals surface area (Å²) in [6.45, 7) is 0. The SMILES string of the molecule is Oc1ccc2c[c]([Hg])ccc2c1. The minimum absolute atomic E-state index is 0.341. The van der Waals surface area contributed by atoms with Gasteiger partial charge < -0.3 is 0 Å². The molecule has 0 fully saturated rings. The molecule has 0 unspecified atom stereocenters. The van der Waals surface area contributed by atoms with Crippen LogP contribution >= 0.6 is 0 Å². The number of hydrogen-bond acceptors (Lipinski definition) is 1. The number of hydrogen-bond donors (Lipinski definition) is 1. The molecule has 0 saturated heterocycles. The Morgan fingerprint density at radius 2 is 1.58 bits per heavy atom. The van der Waals surface area contributed by atoms with Crippen molar-refractivity contribution in [3.63, 3.8) is 0 Å². The van der Waals surface area contributed by atoms with Crippen LogP contribution in [0.3, 0.4) is 0 Å². The second kappa shape index (κ2) is 3.06. The molecule has 2 aromatic rings. The van der Waals surface area contributed by atoms with Gasteiger partial charge in [-0.3, -0.25) is 0 Å². The molecule has 0 atom stereocenters. The van der Waals surface area contributed by atoms with Crippen molar-refractivity contribution in [3.8, 4) is 5.75 Å². The maximum absolute atomic E-state index is 9.21. The molecule has 0 saturated carbocycles. The molecule has 1 N–H and O–H groups in total. The van der Waals surface area contributed by atoms with E-state index in [0.29, 0.717) is 31.9 Å². The van der Waals surface area contributed by atoms with Crippen LogP contribution in [0, 0.1) is 0 Å². The summed E-state index contributed by atoms with van der Waals surface area (Å²) in [6.07, 6.45) is 0. The van der Waals surface area contributed by atoms with Crippen molar-refractivity contribution >= 4 is 13.8 Å². The first-order valence-corrected chi connectivity index (χ1v) is 6.55. The molecule has 1 nitrogen and oxygen atoms in total. The molecule has 0 heterocycles. The Morgan fingerprint density at radius 3 is 2.42 bits per heavy atom. The van der Waals surface area contributed by atoms with Gasteiger partial charge in [0.15, 0.2) is 0 Å². The van der Waals surface area contributed by atoms with E-state index in [2.05, 4.69) is 18.2 Å². The fourth-order valence-electron chi connectivity index (χ4n) is 1.28. The van der Waals surface area contributed by atoms with Crippen LogP contribution < -0.4 is 3.07 Å². The van der Waals surface area contributed by atoms with Gasteiger partial charge in [0.25, 0.3) is 0 Å². The Hall–Kier alpha value is -0.565. The van der Waals surface area contributed by atoms with Gasteiger partial charge in [-0.05, 0) is 0 Å². The predicted octanol–water partition coefficient (Wildman–Crippen LogP) is 1.72. The zero-order valence-corrected chi connectivity index (χ0v) is 12.1. The molecular weight excluding hydrogens is 337 g/mol. The van der Waals surface area contributed by atoms with E-state index < -0.39 is 0 Å². The molecule has 0 aliphatic heterocycles. The van der Waals surface area contributed by atoms with Crippen molar-refractivity contribution in [2.24, 2.45) is 0 Å². The number of aromatic hydroxyl groups is 1. The van der Waals surface area contributed by atoms with E-state index in [9.17, 15) is 5.11 Å². The van der Waals surface area contributed by atoms with Crippen LogP contribution in [-0.2, 0) is 26.1 Å². The Bertz CT molecular complexity index is 382. The Kier molecular flexibility index (Phi) is 2.05. The van der Waals surface area contributed by atoms with Gasteiger partial charge in [-0.1, -0.05) is 0 Å².